The Hall–Kier alpha value is -1.44. The Morgan fingerprint density at radius 1 is 1.50 bits per heavy atom. The molecule has 2 rings (SSSR count). The molecule has 4 heteroatoms. The van der Waals surface area contributed by atoms with Crippen LogP contribution in [0, 0.1) is 17.8 Å². The topological polar surface area (TPSA) is 55.1 Å². The second-order valence-corrected chi connectivity index (χ2v) is 6.07. The normalized spacial score (nSPS) is 19.0. The number of nitrogens with two attached hydrogens (primary N) is 1. The number of carbonyl (C=O) groups is 1. The lowest BCUT2D eigenvalue weighted by Gasteiger charge is -2.17. The zero-order valence-corrected chi connectivity index (χ0v) is 12.5. The van der Waals surface area contributed by atoms with Gasteiger partial charge in [-0.3, -0.25) is 4.79 Å². The quantitative estimate of drug-likeness (QED) is 0.836. The van der Waals surface area contributed by atoms with Gasteiger partial charge in [-0.15, -0.1) is 0 Å². The number of benzene rings is 1. The van der Waals surface area contributed by atoms with Crippen LogP contribution in [-0.2, 0) is 4.79 Å². The van der Waals surface area contributed by atoms with E-state index in [-0.39, 0.29) is 17.9 Å². The van der Waals surface area contributed by atoms with Gasteiger partial charge in [0.15, 0.2) is 0 Å². The second kappa shape index (κ2) is 7.37. The highest BCUT2D eigenvalue weighted by molar-refractivity contribution is 7.99. The number of thioether (sulfide) groups is 1. The van der Waals surface area contributed by atoms with Gasteiger partial charge in [-0.25, -0.2) is 0 Å². The van der Waals surface area contributed by atoms with Crippen molar-refractivity contribution in [1.29, 1.82) is 0 Å². The Balaban J connectivity index is 1.94. The van der Waals surface area contributed by atoms with Crippen LogP contribution in [0.25, 0.3) is 0 Å². The van der Waals surface area contributed by atoms with E-state index in [0.29, 0.717) is 6.54 Å². The smallest absolute Gasteiger partial charge is 0.224 e. The Kier molecular flexibility index (Phi) is 5.51. The van der Waals surface area contributed by atoms with Gasteiger partial charge < -0.3 is 11.1 Å². The summed E-state index contributed by atoms with van der Waals surface area (Å²) < 4.78 is 0. The van der Waals surface area contributed by atoms with Gasteiger partial charge in [-0.2, -0.15) is 11.8 Å². The van der Waals surface area contributed by atoms with Crippen molar-refractivity contribution < 1.29 is 4.79 Å². The molecule has 0 bridgehead atoms. The SMILES string of the molecule is CC(NC(=O)C1CCSC1)c1ccc(C#CCN)cc1. The molecule has 1 heterocycles. The molecule has 0 aliphatic carbocycles. The molecule has 0 aromatic heterocycles. The molecule has 0 saturated carbocycles. The van der Waals surface area contributed by atoms with Crippen molar-refractivity contribution in [2.75, 3.05) is 18.1 Å². The summed E-state index contributed by atoms with van der Waals surface area (Å²) in [5.41, 5.74) is 7.39. The summed E-state index contributed by atoms with van der Waals surface area (Å²) in [5, 5.41) is 3.09. The summed E-state index contributed by atoms with van der Waals surface area (Å²) in [4.78, 5) is 12.1. The number of amides is 1. The Morgan fingerprint density at radius 2 is 2.25 bits per heavy atom. The number of hydrogen-bond donors (Lipinski definition) is 2. The average Bonchev–Trinajstić information content (AvgIpc) is 3.00. The molecule has 1 aromatic carbocycles. The molecule has 1 aromatic rings. The lowest BCUT2D eigenvalue weighted by molar-refractivity contribution is -0.124. The first-order valence-electron chi connectivity index (χ1n) is 6.87. The number of hydrogen-bond acceptors (Lipinski definition) is 3. The van der Waals surface area contributed by atoms with Crippen LogP contribution in [0.2, 0.25) is 0 Å². The third kappa shape index (κ3) is 4.03. The number of carbonyl (C=O) groups excluding carboxylic acids is 1. The zero-order chi connectivity index (χ0) is 14.4. The fraction of sp³-hybridized carbons (Fsp3) is 0.438. The van der Waals surface area contributed by atoms with Gasteiger partial charge in [-0.05, 0) is 36.8 Å². The van der Waals surface area contributed by atoms with E-state index in [4.69, 9.17) is 5.73 Å². The maximum absolute atomic E-state index is 12.1. The minimum atomic E-state index is 0.0321. The lowest BCUT2D eigenvalue weighted by atomic mass is 10.0. The Morgan fingerprint density at radius 3 is 2.85 bits per heavy atom. The van der Waals surface area contributed by atoms with Gasteiger partial charge in [0.2, 0.25) is 5.91 Å². The van der Waals surface area contributed by atoms with E-state index in [9.17, 15) is 4.79 Å². The monoisotopic (exact) mass is 288 g/mol. The third-order valence-electron chi connectivity index (χ3n) is 3.40. The number of rotatable bonds is 3. The van der Waals surface area contributed by atoms with Crippen LogP contribution in [0.1, 0.15) is 30.5 Å². The Labute approximate surface area is 124 Å². The summed E-state index contributed by atoms with van der Waals surface area (Å²) in [6.07, 6.45) is 0.997. The molecule has 1 aliphatic rings. The predicted molar refractivity (Wildman–Crippen MR) is 84.4 cm³/mol. The van der Waals surface area contributed by atoms with Crippen LogP contribution in [0.4, 0.5) is 0 Å². The van der Waals surface area contributed by atoms with Crippen LogP contribution in [0.3, 0.4) is 0 Å². The summed E-state index contributed by atoms with van der Waals surface area (Å²) in [5.74, 6) is 8.22. The summed E-state index contributed by atoms with van der Waals surface area (Å²) in [7, 11) is 0. The molecule has 3 nitrogen and oxygen atoms in total. The Bertz CT molecular complexity index is 510. The first kappa shape index (κ1) is 15.0. The maximum Gasteiger partial charge on any atom is 0.224 e. The van der Waals surface area contributed by atoms with E-state index in [0.717, 1.165) is 29.1 Å². The molecule has 0 radical (unpaired) electrons. The second-order valence-electron chi connectivity index (χ2n) is 4.92. The van der Waals surface area contributed by atoms with Crippen LogP contribution in [0.15, 0.2) is 24.3 Å². The van der Waals surface area contributed by atoms with Gasteiger partial charge in [0.1, 0.15) is 0 Å². The molecule has 2 unspecified atom stereocenters. The van der Waals surface area contributed by atoms with Gasteiger partial charge in [-0.1, -0.05) is 24.0 Å². The molecule has 1 aliphatic heterocycles. The molecular weight excluding hydrogens is 268 g/mol. The predicted octanol–water partition coefficient (Wildman–Crippen LogP) is 1.93. The standard InChI is InChI=1S/C16H20N2OS/c1-12(18-16(19)15-8-10-20-11-15)14-6-4-13(5-7-14)3-2-9-17/h4-7,12,15H,8-11,17H2,1H3,(H,18,19). The van der Waals surface area contributed by atoms with Crippen molar-refractivity contribution in [2.24, 2.45) is 11.7 Å². The molecule has 1 saturated heterocycles. The van der Waals surface area contributed by atoms with Crippen LogP contribution in [-0.4, -0.2) is 24.0 Å². The summed E-state index contributed by atoms with van der Waals surface area (Å²) >= 11 is 1.86. The van der Waals surface area contributed by atoms with E-state index in [1.807, 2.05) is 43.0 Å². The molecular formula is C16H20N2OS. The molecule has 3 N–H and O–H groups in total. The van der Waals surface area contributed by atoms with Gasteiger partial charge >= 0.3 is 0 Å². The zero-order valence-electron chi connectivity index (χ0n) is 11.7. The van der Waals surface area contributed by atoms with E-state index in [1.54, 1.807) is 0 Å². The van der Waals surface area contributed by atoms with Gasteiger partial charge in [0.25, 0.3) is 0 Å². The molecule has 106 valence electrons. The minimum Gasteiger partial charge on any atom is -0.349 e. The van der Waals surface area contributed by atoms with Crippen LogP contribution >= 0.6 is 11.8 Å². The van der Waals surface area contributed by atoms with Gasteiger partial charge in [0, 0.05) is 17.2 Å². The van der Waals surface area contributed by atoms with Crippen LogP contribution in [0.5, 0.6) is 0 Å². The molecule has 0 spiro atoms. The first-order chi connectivity index (χ1) is 9.70. The number of nitrogens with one attached hydrogen (secondary N) is 1. The minimum absolute atomic E-state index is 0.0321. The lowest BCUT2D eigenvalue weighted by Crippen LogP contribution is -2.32. The van der Waals surface area contributed by atoms with Crippen molar-refractivity contribution in [2.45, 2.75) is 19.4 Å². The average molecular weight is 288 g/mol. The van der Waals surface area contributed by atoms with Crippen molar-refractivity contribution in [1.82, 2.24) is 5.32 Å². The highest BCUT2D eigenvalue weighted by Gasteiger charge is 2.24. The molecule has 1 fully saturated rings. The molecule has 2 atom stereocenters. The van der Waals surface area contributed by atoms with Gasteiger partial charge in [0.05, 0.1) is 12.6 Å². The molecule has 1 amide bonds. The van der Waals surface area contributed by atoms with Crippen molar-refractivity contribution in [3.05, 3.63) is 35.4 Å². The first-order valence-corrected chi connectivity index (χ1v) is 8.03. The molecule has 20 heavy (non-hydrogen) atoms. The van der Waals surface area contributed by atoms with E-state index >= 15 is 0 Å². The highest BCUT2D eigenvalue weighted by Crippen LogP contribution is 2.24. The van der Waals surface area contributed by atoms with E-state index in [1.165, 1.54) is 0 Å². The fourth-order valence-corrected chi connectivity index (χ4v) is 3.38. The van der Waals surface area contributed by atoms with E-state index < -0.39 is 0 Å². The fourth-order valence-electron chi connectivity index (χ4n) is 2.16. The van der Waals surface area contributed by atoms with Crippen molar-refractivity contribution in [3.8, 4) is 11.8 Å². The third-order valence-corrected chi connectivity index (χ3v) is 4.57. The van der Waals surface area contributed by atoms with Crippen molar-refractivity contribution in [3.63, 3.8) is 0 Å². The van der Waals surface area contributed by atoms with Crippen LogP contribution < -0.4 is 11.1 Å². The van der Waals surface area contributed by atoms with Crippen molar-refractivity contribution >= 4 is 17.7 Å². The summed E-state index contributed by atoms with van der Waals surface area (Å²) in [6, 6.07) is 7.98. The highest BCUT2D eigenvalue weighted by atomic mass is 32.2. The van der Waals surface area contributed by atoms with E-state index in [2.05, 4.69) is 17.2 Å². The maximum atomic E-state index is 12.1. The largest absolute Gasteiger partial charge is 0.349 e. The summed E-state index contributed by atoms with van der Waals surface area (Å²) in [6.45, 7) is 2.38.